The van der Waals surface area contributed by atoms with Crippen LogP contribution in [0.25, 0.3) is 5.76 Å². The van der Waals surface area contributed by atoms with Crippen LogP contribution in [0.3, 0.4) is 0 Å². The average molecular weight is 418 g/mol. The van der Waals surface area contributed by atoms with E-state index < -0.39 is 29.3 Å². The molecule has 7 heteroatoms. The molecule has 1 N–H and O–H groups in total. The minimum atomic E-state index is -0.942. The summed E-state index contributed by atoms with van der Waals surface area (Å²) in [7, 11) is 1.37. The van der Waals surface area contributed by atoms with Crippen molar-refractivity contribution < 1.29 is 23.8 Å². The number of aromatic nitrogens is 1. The summed E-state index contributed by atoms with van der Waals surface area (Å²) in [5.74, 6) is -2.63. The van der Waals surface area contributed by atoms with E-state index in [1.54, 1.807) is 30.5 Å². The lowest BCUT2D eigenvalue weighted by atomic mass is 9.95. The van der Waals surface area contributed by atoms with Crippen molar-refractivity contribution in [2.75, 3.05) is 12.0 Å². The van der Waals surface area contributed by atoms with Crippen molar-refractivity contribution in [3.8, 4) is 5.75 Å². The van der Waals surface area contributed by atoms with E-state index in [2.05, 4.69) is 4.98 Å². The number of aliphatic hydroxyl groups excluding tert-OH is 1. The van der Waals surface area contributed by atoms with Gasteiger partial charge in [-0.3, -0.25) is 19.5 Å². The second-order valence-electron chi connectivity index (χ2n) is 7.09. The number of aliphatic hydroxyl groups is 1. The molecule has 1 amide bonds. The normalized spacial score (nSPS) is 17.8. The SMILES string of the molecule is COc1ccc(F)cc1/C(O)=C1\C(=O)C(=O)N(c2ccccc2C)C1c1cccnc1. The van der Waals surface area contributed by atoms with E-state index in [1.807, 2.05) is 19.1 Å². The van der Waals surface area contributed by atoms with Crippen LogP contribution in [-0.4, -0.2) is 28.9 Å². The fourth-order valence-corrected chi connectivity index (χ4v) is 3.78. The van der Waals surface area contributed by atoms with Gasteiger partial charge in [0.05, 0.1) is 24.3 Å². The molecule has 1 aliphatic heterocycles. The molecular weight excluding hydrogens is 399 g/mol. The van der Waals surface area contributed by atoms with Crippen LogP contribution in [0.5, 0.6) is 5.75 Å². The molecule has 0 spiro atoms. The Labute approximate surface area is 178 Å². The van der Waals surface area contributed by atoms with Crippen molar-refractivity contribution in [3.05, 3.63) is 95.1 Å². The molecule has 0 radical (unpaired) electrons. The molecule has 0 saturated carbocycles. The zero-order valence-corrected chi connectivity index (χ0v) is 16.9. The number of Topliss-reactive ketones (excluding diaryl/α,β-unsaturated/α-hetero) is 1. The largest absolute Gasteiger partial charge is 0.507 e. The van der Waals surface area contributed by atoms with Gasteiger partial charge in [-0.1, -0.05) is 24.3 Å². The molecule has 0 aliphatic carbocycles. The molecule has 1 fully saturated rings. The fourth-order valence-electron chi connectivity index (χ4n) is 3.78. The molecule has 6 nitrogen and oxygen atoms in total. The molecule has 0 bridgehead atoms. The topological polar surface area (TPSA) is 79.7 Å². The van der Waals surface area contributed by atoms with E-state index in [-0.39, 0.29) is 16.9 Å². The van der Waals surface area contributed by atoms with Gasteiger partial charge < -0.3 is 9.84 Å². The van der Waals surface area contributed by atoms with E-state index in [9.17, 15) is 19.1 Å². The zero-order chi connectivity index (χ0) is 22.1. The predicted molar refractivity (Wildman–Crippen MR) is 113 cm³/mol. The van der Waals surface area contributed by atoms with Gasteiger partial charge >= 0.3 is 0 Å². The van der Waals surface area contributed by atoms with Crippen LogP contribution in [0.2, 0.25) is 0 Å². The summed E-state index contributed by atoms with van der Waals surface area (Å²) in [6, 6.07) is 13.2. The van der Waals surface area contributed by atoms with E-state index in [0.717, 1.165) is 11.6 Å². The van der Waals surface area contributed by atoms with Gasteiger partial charge in [0.1, 0.15) is 17.3 Å². The van der Waals surface area contributed by atoms with E-state index in [0.29, 0.717) is 11.3 Å². The van der Waals surface area contributed by atoms with Gasteiger partial charge in [-0.2, -0.15) is 0 Å². The Hall–Kier alpha value is -4.00. The second kappa shape index (κ2) is 8.02. The standard InChI is InChI=1S/C24H19FN2O4/c1-14-6-3-4-8-18(14)27-21(15-7-5-11-26-13-15)20(23(29)24(27)30)22(28)17-12-16(25)9-10-19(17)31-2/h3-13,21,28H,1-2H3/b22-20+. The van der Waals surface area contributed by atoms with Crippen LogP contribution in [0.4, 0.5) is 10.1 Å². The Kier molecular flexibility index (Phi) is 5.25. The summed E-state index contributed by atoms with van der Waals surface area (Å²) < 4.78 is 19.2. The minimum absolute atomic E-state index is 0.0147. The number of carbonyl (C=O) groups excluding carboxylic acids is 2. The summed E-state index contributed by atoms with van der Waals surface area (Å²) in [6.07, 6.45) is 3.09. The van der Waals surface area contributed by atoms with Crippen molar-refractivity contribution in [2.45, 2.75) is 13.0 Å². The maximum Gasteiger partial charge on any atom is 0.300 e. The highest BCUT2D eigenvalue weighted by Crippen LogP contribution is 2.43. The first-order chi connectivity index (χ1) is 14.9. The number of ketones is 1. The Bertz CT molecular complexity index is 1210. The molecule has 156 valence electrons. The van der Waals surface area contributed by atoms with E-state index in [1.165, 1.54) is 30.3 Å². The lowest BCUT2D eigenvalue weighted by Crippen LogP contribution is -2.30. The van der Waals surface area contributed by atoms with Crippen molar-refractivity contribution >= 4 is 23.1 Å². The van der Waals surface area contributed by atoms with Crippen LogP contribution >= 0.6 is 0 Å². The highest BCUT2D eigenvalue weighted by atomic mass is 19.1. The molecule has 1 atom stereocenters. The summed E-state index contributed by atoms with van der Waals surface area (Å²) >= 11 is 0. The summed E-state index contributed by atoms with van der Waals surface area (Å²) in [6.45, 7) is 1.82. The van der Waals surface area contributed by atoms with Crippen molar-refractivity contribution in [1.29, 1.82) is 0 Å². The summed E-state index contributed by atoms with van der Waals surface area (Å²) in [4.78, 5) is 31.7. The van der Waals surface area contributed by atoms with Crippen LogP contribution < -0.4 is 9.64 Å². The third kappa shape index (κ3) is 3.44. The Balaban J connectivity index is 2.00. The maximum absolute atomic E-state index is 14.0. The van der Waals surface area contributed by atoms with Gasteiger partial charge in [-0.15, -0.1) is 0 Å². The molecule has 1 unspecified atom stereocenters. The predicted octanol–water partition coefficient (Wildman–Crippen LogP) is 4.16. The molecular formula is C24H19FN2O4. The van der Waals surface area contributed by atoms with E-state index >= 15 is 0 Å². The van der Waals surface area contributed by atoms with Gasteiger partial charge in [0.25, 0.3) is 11.7 Å². The lowest BCUT2D eigenvalue weighted by Gasteiger charge is -2.26. The number of pyridine rings is 1. The molecule has 3 aromatic rings. The molecule has 4 rings (SSSR count). The lowest BCUT2D eigenvalue weighted by molar-refractivity contribution is -0.132. The Morgan fingerprint density at radius 1 is 1.13 bits per heavy atom. The average Bonchev–Trinajstić information content (AvgIpc) is 3.05. The number of halogens is 1. The fraction of sp³-hybridized carbons (Fsp3) is 0.125. The smallest absolute Gasteiger partial charge is 0.300 e. The Morgan fingerprint density at radius 3 is 2.58 bits per heavy atom. The zero-order valence-electron chi connectivity index (χ0n) is 16.9. The number of anilines is 1. The van der Waals surface area contributed by atoms with Gasteiger partial charge in [-0.05, 0) is 48.4 Å². The number of ether oxygens (including phenoxy) is 1. The number of hydrogen-bond donors (Lipinski definition) is 1. The molecule has 31 heavy (non-hydrogen) atoms. The van der Waals surface area contributed by atoms with Crippen LogP contribution in [0.15, 0.2) is 72.6 Å². The number of nitrogens with zero attached hydrogens (tertiary/aromatic N) is 2. The third-order valence-corrected chi connectivity index (χ3v) is 5.24. The van der Waals surface area contributed by atoms with Gasteiger partial charge in [-0.25, -0.2) is 4.39 Å². The maximum atomic E-state index is 14.0. The number of rotatable bonds is 4. The van der Waals surface area contributed by atoms with Crippen LogP contribution in [-0.2, 0) is 9.59 Å². The molecule has 1 aromatic heterocycles. The Morgan fingerprint density at radius 2 is 1.90 bits per heavy atom. The summed E-state index contributed by atoms with van der Waals surface area (Å²) in [5.41, 5.74) is 1.66. The molecule has 2 heterocycles. The number of amides is 1. The quantitative estimate of drug-likeness (QED) is 0.391. The minimum Gasteiger partial charge on any atom is -0.507 e. The van der Waals surface area contributed by atoms with Crippen LogP contribution in [0, 0.1) is 12.7 Å². The molecule has 2 aromatic carbocycles. The first kappa shape index (κ1) is 20.3. The van der Waals surface area contributed by atoms with Crippen molar-refractivity contribution in [2.24, 2.45) is 0 Å². The number of hydrogen-bond acceptors (Lipinski definition) is 5. The second-order valence-corrected chi connectivity index (χ2v) is 7.09. The third-order valence-electron chi connectivity index (χ3n) is 5.24. The van der Waals surface area contributed by atoms with Crippen molar-refractivity contribution in [3.63, 3.8) is 0 Å². The number of para-hydroxylation sites is 1. The first-order valence-electron chi connectivity index (χ1n) is 9.54. The summed E-state index contributed by atoms with van der Waals surface area (Å²) in [5, 5.41) is 11.1. The molecule has 1 saturated heterocycles. The monoisotopic (exact) mass is 418 g/mol. The first-order valence-corrected chi connectivity index (χ1v) is 9.54. The molecule has 1 aliphatic rings. The van der Waals surface area contributed by atoms with Gasteiger partial charge in [0, 0.05) is 18.1 Å². The number of methoxy groups -OCH3 is 1. The number of benzene rings is 2. The number of aryl methyl sites for hydroxylation is 1. The van der Waals surface area contributed by atoms with E-state index in [4.69, 9.17) is 4.74 Å². The van der Waals surface area contributed by atoms with Gasteiger partial charge in [0.15, 0.2) is 0 Å². The van der Waals surface area contributed by atoms with Crippen molar-refractivity contribution in [1.82, 2.24) is 4.98 Å². The number of carbonyl (C=O) groups is 2. The highest BCUT2D eigenvalue weighted by Gasteiger charge is 2.47. The van der Waals surface area contributed by atoms with Gasteiger partial charge in [0.2, 0.25) is 0 Å². The highest BCUT2D eigenvalue weighted by molar-refractivity contribution is 6.51. The van der Waals surface area contributed by atoms with Crippen LogP contribution in [0.1, 0.15) is 22.7 Å².